The highest BCUT2D eigenvalue weighted by Gasteiger charge is 2.18. The maximum absolute atomic E-state index is 10.6. The van der Waals surface area contributed by atoms with E-state index in [0.717, 1.165) is 33.9 Å². The van der Waals surface area contributed by atoms with Crippen molar-refractivity contribution >= 4 is 22.6 Å². The molecule has 0 amide bonds. The number of ether oxygens (including phenoxy) is 2. The van der Waals surface area contributed by atoms with Crippen LogP contribution in [0.4, 0.5) is 0 Å². The maximum atomic E-state index is 10.6. The van der Waals surface area contributed by atoms with Gasteiger partial charge < -0.3 is 19.1 Å². The van der Waals surface area contributed by atoms with Crippen LogP contribution >= 0.6 is 11.6 Å². The zero-order valence-corrected chi connectivity index (χ0v) is 14.0. The second kappa shape index (κ2) is 6.00. The monoisotopic (exact) mass is 344 g/mol. The number of aromatic nitrogens is 2. The Balaban J connectivity index is 1.70. The van der Waals surface area contributed by atoms with E-state index in [1.165, 1.54) is 0 Å². The molecule has 6 heteroatoms. The van der Waals surface area contributed by atoms with E-state index in [2.05, 4.69) is 4.98 Å². The van der Waals surface area contributed by atoms with E-state index in [4.69, 9.17) is 21.1 Å². The average molecular weight is 345 g/mol. The fourth-order valence-corrected chi connectivity index (χ4v) is 3.10. The Bertz CT molecular complexity index is 889. The number of benzene rings is 2. The smallest absolute Gasteiger partial charge is 0.163 e. The first kappa shape index (κ1) is 15.3. The van der Waals surface area contributed by atoms with Crippen LogP contribution in [0.1, 0.15) is 17.5 Å². The van der Waals surface area contributed by atoms with Gasteiger partial charge in [0.25, 0.3) is 0 Å². The van der Waals surface area contributed by atoms with Crippen molar-refractivity contribution in [3.05, 3.63) is 52.8 Å². The quantitative estimate of drug-likeness (QED) is 0.790. The molecule has 2 aromatic carbocycles. The Labute approximate surface area is 144 Å². The molecule has 1 aliphatic heterocycles. The molecule has 0 fully saturated rings. The molecule has 1 N–H and O–H groups in total. The summed E-state index contributed by atoms with van der Waals surface area (Å²) in [6.07, 6.45) is -0.647. The molecule has 2 heterocycles. The zero-order chi connectivity index (χ0) is 16.7. The van der Waals surface area contributed by atoms with Crippen LogP contribution in [0.15, 0.2) is 36.4 Å². The third-order valence-electron chi connectivity index (χ3n) is 4.21. The van der Waals surface area contributed by atoms with Gasteiger partial charge in [-0.15, -0.1) is 0 Å². The fraction of sp³-hybridized carbons (Fsp3) is 0.278. The van der Waals surface area contributed by atoms with Crippen LogP contribution in [0.3, 0.4) is 0 Å². The van der Waals surface area contributed by atoms with Crippen LogP contribution in [0, 0.1) is 6.92 Å². The van der Waals surface area contributed by atoms with Gasteiger partial charge in [-0.25, -0.2) is 4.98 Å². The lowest BCUT2D eigenvalue weighted by molar-refractivity contribution is 0.157. The van der Waals surface area contributed by atoms with Gasteiger partial charge in [-0.2, -0.15) is 0 Å². The predicted octanol–water partition coefficient (Wildman–Crippen LogP) is 3.50. The Morgan fingerprint density at radius 3 is 2.54 bits per heavy atom. The Morgan fingerprint density at radius 1 is 1.17 bits per heavy atom. The third-order valence-corrected chi connectivity index (χ3v) is 4.47. The maximum Gasteiger partial charge on any atom is 0.163 e. The van der Waals surface area contributed by atoms with Gasteiger partial charge in [-0.1, -0.05) is 23.7 Å². The molecule has 1 aromatic heterocycles. The minimum atomic E-state index is -0.647. The zero-order valence-electron chi connectivity index (χ0n) is 13.2. The number of imidazole rings is 1. The van der Waals surface area contributed by atoms with Crippen molar-refractivity contribution in [1.82, 2.24) is 9.55 Å². The molecule has 0 saturated heterocycles. The summed E-state index contributed by atoms with van der Waals surface area (Å²) in [5, 5.41) is 11.2. The van der Waals surface area contributed by atoms with E-state index < -0.39 is 6.10 Å². The van der Waals surface area contributed by atoms with Crippen molar-refractivity contribution < 1.29 is 14.6 Å². The number of rotatable bonds is 3. The van der Waals surface area contributed by atoms with Gasteiger partial charge in [0.1, 0.15) is 19.0 Å². The van der Waals surface area contributed by atoms with E-state index in [1.807, 2.05) is 35.8 Å². The number of aryl methyl sites for hydroxylation is 1. The van der Waals surface area contributed by atoms with Crippen LogP contribution in [-0.4, -0.2) is 27.9 Å². The van der Waals surface area contributed by atoms with Crippen molar-refractivity contribution in [2.45, 2.75) is 19.6 Å². The molecule has 0 spiro atoms. The first-order valence-electron chi connectivity index (χ1n) is 7.82. The van der Waals surface area contributed by atoms with E-state index in [9.17, 15) is 5.11 Å². The lowest BCUT2D eigenvalue weighted by Gasteiger charge is -2.19. The molecule has 4 rings (SSSR count). The molecule has 0 radical (unpaired) electrons. The summed E-state index contributed by atoms with van der Waals surface area (Å²) >= 11 is 5.91. The highest BCUT2D eigenvalue weighted by Crippen LogP contribution is 2.35. The molecule has 3 aromatic rings. The first-order chi connectivity index (χ1) is 11.6. The van der Waals surface area contributed by atoms with Crippen molar-refractivity contribution in [2.24, 2.45) is 0 Å². The predicted molar refractivity (Wildman–Crippen MR) is 91.9 cm³/mol. The molecule has 0 unspecified atom stereocenters. The fourth-order valence-electron chi connectivity index (χ4n) is 2.98. The van der Waals surface area contributed by atoms with E-state index in [0.29, 0.717) is 24.8 Å². The summed E-state index contributed by atoms with van der Waals surface area (Å²) in [5.41, 5.74) is 2.57. The summed E-state index contributed by atoms with van der Waals surface area (Å²) in [4.78, 5) is 4.58. The lowest BCUT2D eigenvalue weighted by atomic mass is 10.1. The Hall–Kier alpha value is -2.24. The summed E-state index contributed by atoms with van der Waals surface area (Å²) < 4.78 is 13.3. The molecular formula is C18H17ClN2O3. The SMILES string of the molecule is Cc1nc2cc3c(cc2n1C[C@@H](O)c1ccc(Cl)cc1)OCCO3. The van der Waals surface area contributed by atoms with Crippen LogP contribution in [0.5, 0.6) is 11.5 Å². The average Bonchev–Trinajstić information content (AvgIpc) is 2.88. The van der Waals surface area contributed by atoms with Gasteiger partial charge in [0.2, 0.25) is 0 Å². The number of fused-ring (bicyclic) bond motifs is 2. The van der Waals surface area contributed by atoms with Gasteiger partial charge >= 0.3 is 0 Å². The van der Waals surface area contributed by atoms with E-state index in [-0.39, 0.29) is 0 Å². The molecule has 24 heavy (non-hydrogen) atoms. The lowest BCUT2D eigenvalue weighted by Crippen LogP contribution is -2.15. The molecule has 1 aliphatic rings. The van der Waals surface area contributed by atoms with Gasteiger partial charge in [-0.05, 0) is 24.6 Å². The Kier molecular flexibility index (Phi) is 3.82. The molecule has 5 nitrogen and oxygen atoms in total. The number of halogens is 1. The molecular weight excluding hydrogens is 328 g/mol. The summed E-state index contributed by atoms with van der Waals surface area (Å²) in [6, 6.07) is 11.0. The van der Waals surface area contributed by atoms with Crippen molar-refractivity contribution in [3.8, 4) is 11.5 Å². The standard InChI is InChI=1S/C18H17ClN2O3/c1-11-20-14-8-17-18(24-7-6-23-17)9-15(14)21(11)10-16(22)12-2-4-13(19)5-3-12/h2-5,8-9,16,22H,6-7,10H2,1H3/t16-/m1/s1. The highest BCUT2D eigenvalue weighted by molar-refractivity contribution is 6.30. The number of nitrogens with zero attached hydrogens (tertiary/aromatic N) is 2. The van der Waals surface area contributed by atoms with E-state index >= 15 is 0 Å². The van der Waals surface area contributed by atoms with Crippen molar-refractivity contribution in [3.63, 3.8) is 0 Å². The van der Waals surface area contributed by atoms with Gasteiger partial charge in [0.15, 0.2) is 11.5 Å². The van der Waals surface area contributed by atoms with Gasteiger partial charge in [0, 0.05) is 17.2 Å². The minimum absolute atomic E-state index is 0.406. The molecule has 0 aliphatic carbocycles. The van der Waals surface area contributed by atoms with Crippen molar-refractivity contribution in [2.75, 3.05) is 13.2 Å². The largest absolute Gasteiger partial charge is 0.486 e. The van der Waals surface area contributed by atoms with E-state index in [1.54, 1.807) is 12.1 Å². The molecule has 1 atom stereocenters. The molecule has 124 valence electrons. The first-order valence-corrected chi connectivity index (χ1v) is 8.19. The molecule has 0 saturated carbocycles. The topological polar surface area (TPSA) is 56.5 Å². The van der Waals surface area contributed by atoms with Gasteiger partial charge in [0.05, 0.1) is 23.7 Å². The van der Waals surface area contributed by atoms with Crippen molar-refractivity contribution in [1.29, 1.82) is 0 Å². The number of aliphatic hydroxyl groups excluding tert-OH is 1. The van der Waals surface area contributed by atoms with Crippen LogP contribution in [0.25, 0.3) is 11.0 Å². The number of hydrogen-bond donors (Lipinski definition) is 1. The normalized spacial score (nSPS) is 14.8. The Morgan fingerprint density at radius 2 is 1.83 bits per heavy atom. The van der Waals surface area contributed by atoms with Crippen LogP contribution in [0.2, 0.25) is 5.02 Å². The third kappa shape index (κ3) is 2.70. The number of aliphatic hydroxyl groups is 1. The minimum Gasteiger partial charge on any atom is -0.486 e. The summed E-state index contributed by atoms with van der Waals surface area (Å²) in [7, 11) is 0. The van der Waals surface area contributed by atoms with Crippen LogP contribution in [-0.2, 0) is 6.54 Å². The summed E-state index contributed by atoms with van der Waals surface area (Å²) in [5.74, 6) is 2.27. The van der Waals surface area contributed by atoms with Crippen LogP contribution < -0.4 is 9.47 Å². The highest BCUT2D eigenvalue weighted by atomic mass is 35.5. The molecule has 0 bridgehead atoms. The summed E-state index contributed by atoms with van der Waals surface area (Å²) in [6.45, 7) is 3.42. The van der Waals surface area contributed by atoms with Gasteiger partial charge in [-0.3, -0.25) is 0 Å². The second-order valence-corrected chi connectivity index (χ2v) is 6.26. The second-order valence-electron chi connectivity index (χ2n) is 5.82. The number of hydrogen-bond acceptors (Lipinski definition) is 4.